The second kappa shape index (κ2) is 5.20. The quantitative estimate of drug-likeness (QED) is 0.819. The maximum Gasteiger partial charge on any atom is 0.225 e. The first-order chi connectivity index (χ1) is 8.86. The van der Waals surface area contributed by atoms with Crippen LogP contribution in [0.4, 0.5) is 5.95 Å². The number of piperazine rings is 1. The first-order valence-corrected chi connectivity index (χ1v) is 6.73. The molecular weight excluding hydrogens is 228 g/mol. The third-order valence-corrected chi connectivity index (χ3v) is 4.10. The molecule has 3 rings (SSSR count). The highest BCUT2D eigenvalue weighted by molar-refractivity contribution is 5.30. The Morgan fingerprint density at radius 3 is 2.78 bits per heavy atom. The SMILES string of the molecule is OC[C@@H]1CC[C@@H]2CN(c3ncccn3)CCN2C1. The van der Waals surface area contributed by atoms with Crippen LogP contribution in [-0.2, 0) is 0 Å². The first kappa shape index (κ1) is 11.9. The standard InChI is InChI=1S/C13H20N4O/c18-10-11-2-3-12-9-17(7-6-16(12)8-11)13-14-4-1-5-15-13/h1,4-5,11-12,18H,2-3,6-10H2/t11-,12-/m1/s1. The predicted molar refractivity (Wildman–Crippen MR) is 69.4 cm³/mol. The Labute approximate surface area is 107 Å². The Balaban J connectivity index is 1.65. The Hall–Kier alpha value is -1.20. The lowest BCUT2D eigenvalue weighted by molar-refractivity contribution is 0.0670. The summed E-state index contributed by atoms with van der Waals surface area (Å²) in [6, 6.07) is 2.46. The van der Waals surface area contributed by atoms with Crippen molar-refractivity contribution in [2.75, 3.05) is 37.7 Å². The number of hydrogen-bond donors (Lipinski definition) is 1. The first-order valence-electron chi connectivity index (χ1n) is 6.73. The number of aliphatic hydroxyl groups is 1. The van der Waals surface area contributed by atoms with Gasteiger partial charge in [0.1, 0.15) is 0 Å². The predicted octanol–water partition coefficient (Wildman–Crippen LogP) is 0.369. The fourth-order valence-electron chi connectivity index (χ4n) is 3.04. The van der Waals surface area contributed by atoms with Gasteiger partial charge in [-0.2, -0.15) is 0 Å². The summed E-state index contributed by atoms with van der Waals surface area (Å²) in [6.45, 7) is 4.43. The van der Waals surface area contributed by atoms with E-state index in [2.05, 4.69) is 19.8 Å². The number of anilines is 1. The van der Waals surface area contributed by atoms with Crippen LogP contribution in [0.25, 0.3) is 0 Å². The fraction of sp³-hybridized carbons (Fsp3) is 0.692. The second-order valence-electron chi connectivity index (χ2n) is 5.27. The van der Waals surface area contributed by atoms with E-state index in [4.69, 9.17) is 0 Å². The van der Waals surface area contributed by atoms with Gasteiger partial charge in [-0.25, -0.2) is 9.97 Å². The molecule has 98 valence electrons. The number of piperidine rings is 1. The van der Waals surface area contributed by atoms with Crippen molar-refractivity contribution in [3.63, 3.8) is 0 Å². The topological polar surface area (TPSA) is 52.5 Å². The summed E-state index contributed by atoms with van der Waals surface area (Å²) in [6.07, 6.45) is 5.92. The number of hydrogen-bond acceptors (Lipinski definition) is 5. The zero-order valence-electron chi connectivity index (χ0n) is 10.6. The number of nitrogens with zero attached hydrogens (tertiary/aromatic N) is 4. The zero-order valence-corrected chi connectivity index (χ0v) is 10.6. The van der Waals surface area contributed by atoms with Gasteiger partial charge in [0.15, 0.2) is 0 Å². The molecule has 2 saturated heterocycles. The van der Waals surface area contributed by atoms with Gasteiger partial charge in [-0.05, 0) is 24.8 Å². The molecular formula is C13H20N4O. The third kappa shape index (κ3) is 2.33. The molecule has 0 unspecified atom stereocenters. The van der Waals surface area contributed by atoms with Crippen molar-refractivity contribution in [2.24, 2.45) is 5.92 Å². The van der Waals surface area contributed by atoms with Gasteiger partial charge >= 0.3 is 0 Å². The highest BCUT2D eigenvalue weighted by atomic mass is 16.3. The number of aromatic nitrogens is 2. The molecule has 2 aliphatic rings. The molecule has 0 aromatic carbocycles. The monoisotopic (exact) mass is 248 g/mol. The van der Waals surface area contributed by atoms with Crippen molar-refractivity contribution < 1.29 is 5.11 Å². The highest BCUT2D eigenvalue weighted by Gasteiger charge is 2.33. The molecule has 2 atom stereocenters. The molecule has 2 aliphatic heterocycles. The van der Waals surface area contributed by atoms with Crippen molar-refractivity contribution in [2.45, 2.75) is 18.9 Å². The summed E-state index contributed by atoms with van der Waals surface area (Å²) in [5.74, 6) is 1.32. The molecule has 0 saturated carbocycles. The molecule has 0 radical (unpaired) electrons. The number of aliphatic hydroxyl groups excluding tert-OH is 1. The van der Waals surface area contributed by atoms with Crippen LogP contribution in [0.1, 0.15) is 12.8 Å². The van der Waals surface area contributed by atoms with Crippen LogP contribution in [0, 0.1) is 5.92 Å². The second-order valence-corrected chi connectivity index (χ2v) is 5.27. The Bertz CT molecular complexity index is 386. The van der Waals surface area contributed by atoms with Crippen LogP contribution >= 0.6 is 0 Å². The molecule has 18 heavy (non-hydrogen) atoms. The van der Waals surface area contributed by atoms with E-state index in [-0.39, 0.29) is 0 Å². The molecule has 3 heterocycles. The highest BCUT2D eigenvalue weighted by Crippen LogP contribution is 2.25. The zero-order chi connectivity index (χ0) is 12.4. The molecule has 0 bridgehead atoms. The van der Waals surface area contributed by atoms with E-state index in [9.17, 15) is 5.11 Å². The maximum atomic E-state index is 9.25. The Kier molecular flexibility index (Phi) is 3.43. The summed E-state index contributed by atoms with van der Waals surface area (Å²) >= 11 is 0. The molecule has 2 fully saturated rings. The van der Waals surface area contributed by atoms with Gasteiger partial charge in [-0.3, -0.25) is 4.90 Å². The minimum atomic E-state index is 0.328. The lowest BCUT2D eigenvalue weighted by Gasteiger charge is -2.46. The average Bonchev–Trinajstić information content (AvgIpc) is 2.47. The van der Waals surface area contributed by atoms with E-state index in [1.807, 2.05) is 6.07 Å². The minimum absolute atomic E-state index is 0.328. The van der Waals surface area contributed by atoms with Gasteiger partial charge in [0.05, 0.1) is 0 Å². The van der Waals surface area contributed by atoms with Gasteiger partial charge < -0.3 is 10.0 Å². The molecule has 1 aromatic rings. The molecule has 1 N–H and O–H groups in total. The summed E-state index contributed by atoms with van der Waals surface area (Å²) in [5, 5.41) is 9.25. The van der Waals surface area contributed by atoms with Gasteiger partial charge in [-0.1, -0.05) is 0 Å². The van der Waals surface area contributed by atoms with Crippen LogP contribution < -0.4 is 4.90 Å². The van der Waals surface area contributed by atoms with Crippen molar-refractivity contribution in [1.29, 1.82) is 0 Å². The number of rotatable bonds is 2. The van der Waals surface area contributed by atoms with Crippen molar-refractivity contribution >= 4 is 5.95 Å². The summed E-state index contributed by atoms with van der Waals surface area (Å²) in [7, 11) is 0. The molecule has 1 aromatic heterocycles. The Morgan fingerprint density at radius 2 is 2.00 bits per heavy atom. The normalized spacial score (nSPS) is 29.1. The van der Waals surface area contributed by atoms with E-state index < -0.39 is 0 Å². The molecule has 0 amide bonds. The van der Waals surface area contributed by atoms with Crippen LogP contribution in [0.2, 0.25) is 0 Å². The van der Waals surface area contributed by atoms with Crippen LogP contribution in [0.5, 0.6) is 0 Å². The number of fused-ring (bicyclic) bond motifs is 1. The van der Waals surface area contributed by atoms with E-state index in [0.29, 0.717) is 18.6 Å². The molecule has 0 spiro atoms. The van der Waals surface area contributed by atoms with Crippen LogP contribution in [0.15, 0.2) is 18.5 Å². The van der Waals surface area contributed by atoms with Gasteiger partial charge in [0.2, 0.25) is 5.95 Å². The van der Waals surface area contributed by atoms with Crippen LogP contribution in [0.3, 0.4) is 0 Å². The lowest BCUT2D eigenvalue weighted by atomic mass is 9.92. The van der Waals surface area contributed by atoms with Crippen molar-refractivity contribution in [1.82, 2.24) is 14.9 Å². The maximum absolute atomic E-state index is 9.25. The van der Waals surface area contributed by atoms with Gasteiger partial charge in [0.25, 0.3) is 0 Å². The van der Waals surface area contributed by atoms with E-state index >= 15 is 0 Å². The van der Waals surface area contributed by atoms with Gasteiger partial charge in [-0.15, -0.1) is 0 Å². The smallest absolute Gasteiger partial charge is 0.225 e. The van der Waals surface area contributed by atoms with Crippen molar-refractivity contribution in [3.8, 4) is 0 Å². The summed E-state index contributed by atoms with van der Waals surface area (Å²) in [4.78, 5) is 13.5. The summed E-state index contributed by atoms with van der Waals surface area (Å²) in [5.41, 5.74) is 0. The van der Waals surface area contributed by atoms with E-state index in [0.717, 1.165) is 38.5 Å². The third-order valence-electron chi connectivity index (χ3n) is 4.10. The van der Waals surface area contributed by atoms with E-state index in [1.54, 1.807) is 12.4 Å². The summed E-state index contributed by atoms with van der Waals surface area (Å²) < 4.78 is 0. The largest absolute Gasteiger partial charge is 0.396 e. The van der Waals surface area contributed by atoms with E-state index in [1.165, 1.54) is 6.42 Å². The van der Waals surface area contributed by atoms with Gasteiger partial charge in [0, 0.05) is 51.2 Å². The molecule has 5 heteroatoms. The Morgan fingerprint density at radius 1 is 1.17 bits per heavy atom. The fourth-order valence-corrected chi connectivity index (χ4v) is 3.04. The average molecular weight is 248 g/mol. The minimum Gasteiger partial charge on any atom is -0.396 e. The van der Waals surface area contributed by atoms with Crippen LogP contribution in [-0.4, -0.2) is 58.8 Å². The van der Waals surface area contributed by atoms with Crippen molar-refractivity contribution in [3.05, 3.63) is 18.5 Å². The lowest BCUT2D eigenvalue weighted by Crippen LogP contribution is -2.57. The molecule has 0 aliphatic carbocycles. The molecule has 5 nitrogen and oxygen atoms in total.